The summed E-state index contributed by atoms with van der Waals surface area (Å²) < 4.78 is 0. The van der Waals surface area contributed by atoms with Gasteiger partial charge in [-0.05, 0) is 25.7 Å². The first-order chi connectivity index (χ1) is 7.64. The van der Waals surface area contributed by atoms with Crippen LogP contribution in [0.2, 0.25) is 0 Å². The van der Waals surface area contributed by atoms with Gasteiger partial charge in [0.05, 0.1) is 4.88 Å². The summed E-state index contributed by atoms with van der Waals surface area (Å²) in [4.78, 5) is 16.1. The summed E-state index contributed by atoms with van der Waals surface area (Å²) >= 11 is 1.42. The topological polar surface area (TPSA) is 50.2 Å². The van der Waals surface area contributed by atoms with Crippen molar-refractivity contribution in [3.8, 4) is 11.8 Å². The van der Waals surface area contributed by atoms with Gasteiger partial charge in [0.2, 0.25) is 0 Å². The summed E-state index contributed by atoms with van der Waals surface area (Å²) in [6, 6.07) is 0. The third-order valence-corrected chi connectivity index (χ3v) is 3.94. The molecule has 1 N–H and O–H groups in total. The molecule has 4 heteroatoms. The lowest BCUT2D eigenvalue weighted by Gasteiger charge is -2.29. The minimum atomic E-state index is -0.862. The van der Waals surface area contributed by atoms with Crippen molar-refractivity contribution in [3.63, 3.8) is 0 Å². The number of nitrogens with zero attached hydrogens (tertiary/aromatic N) is 1. The van der Waals surface area contributed by atoms with Gasteiger partial charge < -0.3 is 5.11 Å². The number of rotatable bonds is 1. The van der Waals surface area contributed by atoms with Crippen LogP contribution in [0.4, 0.5) is 0 Å². The Morgan fingerprint density at radius 2 is 2.19 bits per heavy atom. The standard InChI is InChI=1S/C12H13NO2S/c1-2-3-11-13-8-10(16-11)12(15)6-4-9(14)5-7-12/h8,15H,4-7H2,1H3. The average Bonchev–Trinajstić information content (AvgIpc) is 2.73. The molecule has 3 nitrogen and oxygen atoms in total. The Bertz CT molecular complexity index is 457. The van der Waals surface area contributed by atoms with Crippen molar-refractivity contribution in [3.05, 3.63) is 16.1 Å². The molecule has 1 fully saturated rings. The van der Waals surface area contributed by atoms with Crippen LogP contribution in [0.25, 0.3) is 0 Å². The van der Waals surface area contributed by atoms with Crippen LogP contribution in [-0.4, -0.2) is 15.9 Å². The molecule has 1 aromatic heterocycles. The molecule has 1 aliphatic rings. The largest absolute Gasteiger partial charge is 0.384 e. The van der Waals surface area contributed by atoms with Crippen molar-refractivity contribution >= 4 is 17.1 Å². The molecule has 0 bridgehead atoms. The highest BCUT2D eigenvalue weighted by Gasteiger charge is 2.35. The van der Waals surface area contributed by atoms with Gasteiger partial charge >= 0.3 is 0 Å². The van der Waals surface area contributed by atoms with E-state index in [1.54, 1.807) is 13.1 Å². The van der Waals surface area contributed by atoms with Crippen molar-refractivity contribution in [2.45, 2.75) is 38.2 Å². The molecule has 1 aliphatic carbocycles. The molecule has 0 amide bonds. The van der Waals surface area contributed by atoms with Gasteiger partial charge in [0, 0.05) is 19.0 Å². The maximum atomic E-state index is 11.1. The van der Waals surface area contributed by atoms with E-state index in [0.29, 0.717) is 25.7 Å². The predicted molar refractivity (Wildman–Crippen MR) is 62.0 cm³/mol. The SMILES string of the molecule is CC#Cc1ncc(C2(O)CCC(=O)CC2)s1. The monoisotopic (exact) mass is 235 g/mol. The van der Waals surface area contributed by atoms with Crippen molar-refractivity contribution in [2.75, 3.05) is 0 Å². The molecule has 1 aromatic rings. The first kappa shape index (κ1) is 11.3. The molecule has 0 saturated heterocycles. The lowest BCUT2D eigenvalue weighted by atomic mass is 9.83. The Kier molecular flexibility index (Phi) is 3.08. The molecule has 2 rings (SSSR count). The molecular formula is C12H13NO2S. The van der Waals surface area contributed by atoms with Gasteiger partial charge in [0.25, 0.3) is 0 Å². The van der Waals surface area contributed by atoms with E-state index in [2.05, 4.69) is 16.8 Å². The molecule has 1 saturated carbocycles. The van der Waals surface area contributed by atoms with Crippen molar-refractivity contribution in [1.82, 2.24) is 4.98 Å². The number of hydrogen-bond acceptors (Lipinski definition) is 4. The van der Waals surface area contributed by atoms with Gasteiger partial charge in [-0.15, -0.1) is 11.3 Å². The Labute approximate surface area is 98.5 Å². The number of aliphatic hydroxyl groups is 1. The van der Waals surface area contributed by atoms with E-state index < -0.39 is 5.60 Å². The highest BCUT2D eigenvalue weighted by Crippen LogP contribution is 2.38. The van der Waals surface area contributed by atoms with Gasteiger partial charge in [-0.3, -0.25) is 4.79 Å². The molecule has 16 heavy (non-hydrogen) atoms. The lowest BCUT2D eigenvalue weighted by Crippen LogP contribution is -2.30. The minimum absolute atomic E-state index is 0.239. The fourth-order valence-electron chi connectivity index (χ4n) is 1.84. The zero-order valence-corrected chi connectivity index (χ0v) is 9.93. The Morgan fingerprint density at radius 3 is 2.81 bits per heavy atom. The third kappa shape index (κ3) is 2.16. The molecule has 0 spiro atoms. The summed E-state index contributed by atoms with van der Waals surface area (Å²) in [5, 5.41) is 11.1. The Morgan fingerprint density at radius 1 is 1.50 bits per heavy atom. The van der Waals surface area contributed by atoms with Crippen LogP contribution in [-0.2, 0) is 10.4 Å². The normalized spacial score (nSPS) is 19.0. The smallest absolute Gasteiger partial charge is 0.167 e. The molecule has 0 radical (unpaired) electrons. The number of carbonyl (C=O) groups excluding carboxylic acids is 1. The van der Waals surface area contributed by atoms with Gasteiger partial charge in [0.1, 0.15) is 11.4 Å². The second-order valence-electron chi connectivity index (χ2n) is 3.97. The molecule has 1 heterocycles. The van der Waals surface area contributed by atoms with Crippen LogP contribution >= 0.6 is 11.3 Å². The van der Waals surface area contributed by atoms with Crippen LogP contribution in [0.1, 0.15) is 42.5 Å². The van der Waals surface area contributed by atoms with Crippen LogP contribution < -0.4 is 0 Å². The summed E-state index contributed by atoms with van der Waals surface area (Å²) in [6.45, 7) is 1.76. The highest BCUT2D eigenvalue weighted by molar-refractivity contribution is 7.12. The maximum absolute atomic E-state index is 11.1. The van der Waals surface area contributed by atoms with Gasteiger partial charge in [-0.25, -0.2) is 4.98 Å². The predicted octanol–water partition coefficient (Wildman–Crippen LogP) is 1.85. The van der Waals surface area contributed by atoms with Crippen molar-refractivity contribution in [1.29, 1.82) is 0 Å². The fourth-order valence-corrected chi connectivity index (χ4v) is 2.81. The molecule has 0 atom stereocenters. The summed E-state index contributed by atoms with van der Waals surface area (Å²) in [7, 11) is 0. The number of aromatic nitrogens is 1. The maximum Gasteiger partial charge on any atom is 0.167 e. The Hall–Kier alpha value is -1.18. The number of carbonyl (C=O) groups is 1. The average molecular weight is 235 g/mol. The van der Waals surface area contributed by atoms with E-state index in [-0.39, 0.29) is 5.78 Å². The molecule has 0 unspecified atom stereocenters. The molecule has 0 aliphatic heterocycles. The third-order valence-electron chi connectivity index (χ3n) is 2.83. The summed E-state index contributed by atoms with van der Waals surface area (Å²) in [5.41, 5.74) is -0.862. The highest BCUT2D eigenvalue weighted by atomic mass is 32.1. The number of ketones is 1. The number of thiazole rings is 1. The first-order valence-corrected chi connectivity index (χ1v) is 6.09. The van der Waals surface area contributed by atoms with E-state index in [0.717, 1.165) is 9.88 Å². The van der Waals surface area contributed by atoms with Gasteiger partial charge in [-0.1, -0.05) is 5.92 Å². The molecular weight excluding hydrogens is 222 g/mol. The van der Waals surface area contributed by atoms with E-state index in [4.69, 9.17) is 0 Å². The quantitative estimate of drug-likeness (QED) is 0.756. The first-order valence-electron chi connectivity index (χ1n) is 5.27. The molecule has 0 aromatic carbocycles. The number of hydrogen-bond donors (Lipinski definition) is 1. The second kappa shape index (κ2) is 4.36. The van der Waals surface area contributed by atoms with Gasteiger partial charge in [0.15, 0.2) is 5.01 Å². The van der Waals surface area contributed by atoms with Gasteiger partial charge in [-0.2, -0.15) is 0 Å². The van der Waals surface area contributed by atoms with E-state index in [1.807, 2.05) is 0 Å². The van der Waals surface area contributed by atoms with Crippen molar-refractivity contribution in [2.24, 2.45) is 0 Å². The molecule has 84 valence electrons. The number of Topliss-reactive ketones (excluding diaryl/α,β-unsaturated/α-hetero) is 1. The minimum Gasteiger partial charge on any atom is -0.384 e. The Balaban J connectivity index is 2.21. The second-order valence-corrected chi connectivity index (χ2v) is 5.01. The summed E-state index contributed by atoms with van der Waals surface area (Å²) in [6.07, 6.45) is 3.62. The van der Waals surface area contributed by atoms with E-state index in [9.17, 15) is 9.90 Å². The van der Waals surface area contributed by atoms with E-state index >= 15 is 0 Å². The zero-order chi connectivity index (χ0) is 11.6. The van der Waals surface area contributed by atoms with Crippen molar-refractivity contribution < 1.29 is 9.90 Å². The lowest BCUT2D eigenvalue weighted by molar-refractivity contribution is -0.125. The zero-order valence-electron chi connectivity index (χ0n) is 9.12. The summed E-state index contributed by atoms with van der Waals surface area (Å²) in [5.74, 6) is 5.89. The fraction of sp³-hybridized carbons (Fsp3) is 0.500. The van der Waals surface area contributed by atoms with Crippen LogP contribution in [0.15, 0.2) is 6.20 Å². The van der Waals surface area contributed by atoms with Crippen LogP contribution in [0.3, 0.4) is 0 Å². The van der Waals surface area contributed by atoms with Crippen LogP contribution in [0, 0.1) is 11.8 Å². The van der Waals surface area contributed by atoms with Crippen LogP contribution in [0.5, 0.6) is 0 Å². The van der Waals surface area contributed by atoms with E-state index in [1.165, 1.54) is 11.3 Å².